The molecule has 0 aliphatic heterocycles. The molecule has 2 heteroatoms. The minimum atomic E-state index is -0.417. The van der Waals surface area contributed by atoms with Gasteiger partial charge in [0.15, 0.2) is 0 Å². The van der Waals surface area contributed by atoms with E-state index in [1.54, 1.807) is 0 Å². The SMILES string of the molecule is C=C(NC(=O)C(C)(C)C)c1c(C)c(C)c(C)c(C)c1C. The number of nitrogens with one attached hydrogen (secondary N) is 1. The molecule has 0 spiro atoms. The van der Waals surface area contributed by atoms with Crippen LogP contribution < -0.4 is 5.32 Å². The molecule has 0 radical (unpaired) electrons. The molecule has 1 rings (SSSR count). The largest absolute Gasteiger partial charge is 0.326 e. The van der Waals surface area contributed by atoms with Crippen molar-refractivity contribution in [2.75, 3.05) is 0 Å². The van der Waals surface area contributed by atoms with E-state index in [1.165, 1.54) is 27.8 Å². The van der Waals surface area contributed by atoms with Gasteiger partial charge < -0.3 is 5.32 Å². The standard InChI is InChI=1S/C18H27NO/c1-10-11(2)13(4)16(14(5)12(10)3)15(6)19-17(20)18(7,8)9/h6H2,1-5,7-9H3,(H,19,20). The number of carbonyl (C=O) groups excluding carboxylic acids is 1. The summed E-state index contributed by atoms with van der Waals surface area (Å²) in [6.07, 6.45) is 0. The van der Waals surface area contributed by atoms with E-state index in [0.29, 0.717) is 5.70 Å². The van der Waals surface area contributed by atoms with Gasteiger partial charge in [-0.05, 0) is 62.4 Å². The topological polar surface area (TPSA) is 29.1 Å². The van der Waals surface area contributed by atoms with Gasteiger partial charge in [0.1, 0.15) is 0 Å². The molecular formula is C18H27NO. The molecule has 1 aromatic rings. The molecule has 0 fully saturated rings. The van der Waals surface area contributed by atoms with Crippen LogP contribution in [0.1, 0.15) is 54.2 Å². The fraction of sp³-hybridized carbons (Fsp3) is 0.500. The van der Waals surface area contributed by atoms with Crippen molar-refractivity contribution in [1.82, 2.24) is 5.32 Å². The molecule has 0 saturated heterocycles. The second-order valence-corrected chi connectivity index (χ2v) is 6.68. The smallest absolute Gasteiger partial charge is 0.229 e. The summed E-state index contributed by atoms with van der Waals surface area (Å²) < 4.78 is 0. The van der Waals surface area contributed by atoms with Crippen LogP contribution in [0.5, 0.6) is 0 Å². The quantitative estimate of drug-likeness (QED) is 0.852. The van der Waals surface area contributed by atoms with Gasteiger partial charge in [0.2, 0.25) is 5.91 Å². The van der Waals surface area contributed by atoms with Crippen LogP contribution in [0.25, 0.3) is 5.70 Å². The highest BCUT2D eigenvalue weighted by Gasteiger charge is 2.23. The van der Waals surface area contributed by atoms with Gasteiger partial charge in [0, 0.05) is 16.7 Å². The minimum absolute atomic E-state index is 0.00261. The predicted octanol–water partition coefficient (Wildman–Crippen LogP) is 4.36. The van der Waals surface area contributed by atoms with Crippen molar-refractivity contribution in [3.63, 3.8) is 0 Å². The van der Waals surface area contributed by atoms with Gasteiger partial charge in [-0.25, -0.2) is 0 Å². The Bertz CT molecular complexity index is 545. The van der Waals surface area contributed by atoms with Crippen molar-refractivity contribution >= 4 is 11.6 Å². The summed E-state index contributed by atoms with van der Waals surface area (Å²) >= 11 is 0. The fourth-order valence-electron chi connectivity index (χ4n) is 2.34. The van der Waals surface area contributed by atoms with E-state index >= 15 is 0 Å². The highest BCUT2D eigenvalue weighted by molar-refractivity contribution is 5.90. The summed E-state index contributed by atoms with van der Waals surface area (Å²) in [7, 11) is 0. The first-order valence-corrected chi connectivity index (χ1v) is 7.06. The average molecular weight is 273 g/mol. The molecule has 0 aromatic heterocycles. The van der Waals surface area contributed by atoms with Crippen molar-refractivity contribution in [3.8, 4) is 0 Å². The average Bonchev–Trinajstić information content (AvgIpc) is 2.33. The number of rotatable bonds is 2. The number of hydrogen-bond acceptors (Lipinski definition) is 1. The third-order valence-electron chi connectivity index (χ3n) is 4.25. The van der Waals surface area contributed by atoms with Crippen molar-refractivity contribution in [2.45, 2.75) is 55.4 Å². The number of benzene rings is 1. The van der Waals surface area contributed by atoms with Crippen LogP contribution in [-0.4, -0.2) is 5.91 Å². The summed E-state index contributed by atoms with van der Waals surface area (Å²) in [6, 6.07) is 0. The predicted molar refractivity (Wildman–Crippen MR) is 86.8 cm³/mol. The Morgan fingerprint density at radius 1 is 0.850 bits per heavy atom. The first-order valence-electron chi connectivity index (χ1n) is 7.06. The lowest BCUT2D eigenvalue weighted by Crippen LogP contribution is -2.33. The highest BCUT2D eigenvalue weighted by atomic mass is 16.2. The molecule has 0 bridgehead atoms. The van der Waals surface area contributed by atoms with Crippen molar-refractivity contribution < 1.29 is 4.79 Å². The maximum Gasteiger partial charge on any atom is 0.229 e. The van der Waals surface area contributed by atoms with Crippen LogP contribution in [0.2, 0.25) is 0 Å². The zero-order valence-electron chi connectivity index (χ0n) is 14.1. The van der Waals surface area contributed by atoms with E-state index in [4.69, 9.17) is 0 Å². The lowest BCUT2D eigenvalue weighted by atomic mass is 9.88. The van der Waals surface area contributed by atoms with Gasteiger partial charge in [-0.3, -0.25) is 4.79 Å². The second-order valence-electron chi connectivity index (χ2n) is 6.68. The van der Waals surface area contributed by atoms with E-state index in [-0.39, 0.29) is 5.91 Å². The Hall–Kier alpha value is -1.57. The molecule has 0 heterocycles. The van der Waals surface area contributed by atoms with Gasteiger partial charge in [-0.2, -0.15) is 0 Å². The van der Waals surface area contributed by atoms with Gasteiger partial charge in [0.05, 0.1) is 0 Å². The molecule has 0 saturated carbocycles. The van der Waals surface area contributed by atoms with E-state index in [1.807, 2.05) is 20.8 Å². The van der Waals surface area contributed by atoms with Crippen LogP contribution in [0.15, 0.2) is 6.58 Å². The molecule has 0 atom stereocenters. The molecule has 20 heavy (non-hydrogen) atoms. The zero-order chi connectivity index (χ0) is 15.8. The van der Waals surface area contributed by atoms with E-state index in [9.17, 15) is 4.79 Å². The van der Waals surface area contributed by atoms with E-state index in [2.05, 4.69) is 46.5 Å². The first kappa shape index (κ1) is 16.5. The molecule has 1 N–H and O–H groups in total. The molecule has 0 aliphatic carbocycles. The number of amides is 1. The minimum Gasteiger partial charge on any atom is -0.326 e. The highest BCUT2D eigenvalue weighted by Crippen LogP contribution is 2.30. The molecular weight excluding hydrogens is 246 g/mol. The van der Waals surface area contributed by atoms with Gasteiger partial charge in [-0.1, -0.05) is 27.4 Å². The fourth-order valence-corrected chi connectivity index (χ4v) is 2.34. The molecule has 0 unspecified atom stereocenters. The summed E-state index contributed by atoms with van der Waals surface area (Å²) in [5.41, 5.74) is 7.62. The van der Waals surface area contributed by atoms with Crippen LogP contribution in [0.3, 0.4) is 0 Å². The monoisotopic (exact) mass is 273 g/mol. The van der Waals surface area contributed by atoms with E-state index in [0.717, 1.165) is 5.56 Å². The lowest BCUT2D eigenvalue weighted by molar-refractivity contribution is -0.127. The second kappa shape index (κ2) is 5.43. The van der Waals surface area contributed by atoms with Crippen LogP contribution in [0, 0.1) is 40.0 Å². The van der Waals surface area contributed by atoms with Crippen LogP contribution in [-0.2, 0) is 4.79 Å². The molecule has 1 aromatic carbocycles. The Morgan fingerprint density at radius 3 is 1.55 bits per heavy atom. The summed E-state index contributed by atoms with van der Waals surface area (Å²) in [6.45, 7) is 20.4. The maximum absolute atomic E-state index is 12.1. The zero-order valence-corrected chi connectivity index (χ0v) is 14.1. The third-order valence-corrected chi connectivity index (χ3v) is 4.25. The lowest BCUT2D eigenvalue weighted by Gasteiger charge is -2.23. The normalized spacial score (nSPS) is 11.4. The van der Waals surface area contributed by atoms with Gasteiger partial charge >= 0.3 is 0 Å². The van der Waals surface area contributed by atoms with Crippen molar-refractivity contribution in [3.05, 3.63) is 40.0 Å². The Kier molecular flexibility index (Phi) is 4.48. The number of hydrogen-bond donors (Lipinski definition) is 1. The van der Waals surface area contributed by atoms with Crippen molar-refractivity contribution in [2.24, 2.45) is 5.41 Å². The molecule has 2 nitrogen and oxygen atoms in total. The van der Waals surface area contributed by atoms with Gasteiger partial charge in [-0.15, -0.1) is 0 Å². The van der Waals surface area contributed by atoms with Crippen LogP contribution >= 0.6 is 0 Å². The summed E-state index contributed by atoms with van der Waals surface area (Å²) in [4.78, 5) is 12.1. The molecule has 1 amide bonds. The maximum atomic E-state index is 12.1. The first-order chi connectivity index (χ1) is 8.98. The molecule has 0 aliphatic rings. The Labute approximate surface area is 123 Å². The van der Waals surface area contributed by atoms with Crippen LogP contribution in [0.4, 0.5) is 0 Å². The molecule has 110 valence electrons. The number of carbonyl (C=O) groups is 1. The summed E-state index contributed by atoms with van der Waals surface area (Å²) in [5, 5.41) is 2.96. The Balaban J connectivity index is 3.28. The summed E-state index contributed by atoms with van der Waals surface area (Å²) in [5.74, 6) is -0.00261. The van der Waals surface area contributed by atoms with Gasteiger partial charge in [0.25, 0.3) is 0 Å². The third kappa shape index (κ3) is 2.95. The van der Waals surface area contributed by atoms with E-state index < -0.39 is 5.41 Å². The van der Waals surface area contributed by atoms with Crippen molar-refractivity contribution in [1.29, 1.82) is 0 Å². The Morgan fingerprint density at radius 2 is 1.20 bits per heavy atom.